The molecule has 0 heterocycles. The lowest BCUT2D eigenvalue weighted by atomic mass is 10.1. The maximum atomic E-state index is 10.9. The number of carbonyl (C=O) groups is 1. The first kappa shape index (κ1) is 10.4. The molecule has 1 rings (SSSR count). The zero-order valence-corrected chi connectivity index (χ0v) is 8.74. The van der Waals surface area contributed by atoms with Crippen LogP contribution in [0.2, 0.25) is 5.02 Å². The molecule has 1 aromatic rings. The van der Waals surface area contributed by atoms with Crippen LogP contribution < -0.4 is 4.74 Å². The topological polar surface area (TPSA) is 26.3 Å². The Morgan fingerprint density at radius 3 is 2.54 bits per heavy atom. The predicted octanol–water partition coefficient (Wildman–Crippen LogP) is 3.04. The third-order valence-electron chi connectivity index (χ3n) is 1.71. The third-order valence-corrected chi connectivity index (χ3v) is 2.21. The number of methoxy groups -OCH3 is 1. The van der Waals surface area contributed by atoms with Crippen molar-refractivity contribution in [2.45, 2.75) is 6.92 Å². The average Bonchev–Trinajstić information content (AvgIpc) is 2.03. The number of hydrogen-bond acceptors (Lipinski definition) is 2. The smallest absolute Gasteiger partial charge is 0.252 e. The molecule has 0 N–H and O–H groups in total. The van der Waals surface area contributed by atoms with Crippen molar-refractivity contribution >= 4 is 28.4 Å². The lowest BCUT2D eigenvalue weighted by Gasteiger charge is -2.06. The summed E-state index contributed by atoms with van der Waals surface area (Å²) >= 11 is 11.2. The van der Waals surface area contributed by atoms with Crippen LogP contribution >= 0.6 is 23.2 Å². The summed E-state index contributed by atoms with van der Waals surface area (Å²) in [7, 11) is 1.49. The molecule has 2 nitrogen and oxygen atoms in total. The van der Waals surface area contributed by atoms with Crippen molar-refractivity contribution in [2.24, 2.45) is 0 Å². The van der Waals surface area contributed by atoms with E-state index in [0.717, 1.165) is 5.56 Å². The average molecular weight is 219 g/mol. The highest BCUT2D eigenvalue weighted by molar-refractivity contribution is 6.68. The number of hydrogen-bond donors (Lipinski definition) is 0. The minimum absolute atomic E-state index is 0.419. The van der Waals surface area contributed by atoms with Gasteiger partial charge in [0.05, 0.1) is 12.1 Å². The zero-order valence-electron chi connectivity index (χ0n) is 7.23. The number of aryl methyl sites for hydroxylation is 1. The summed E-state index contributed by atoms with van der Waals surface area (Å²) in [4.78, 5) is 10.9. The maximum Gasteiger partial charge on any atom is 0.252 e. The molecule has 1 aromatic carbocycles. The van der Waals surface area contributed by atoms with E-state index in [4.69, 9.17) is 27.9 Å². The minimum atomic E-state index is -0.507. The molecule has 0 aliphatic carbocycles. The van der Waals surface area contributed by atoms with Gasteiger partial charge in [-0.2, -0.15) is 0 Å². The number of benzene rings is 1. The Morgan fingerprint density at radius 1 is 1.46 bits per heavy atom. The van der Waals surface area contributed by atoms with Crippen molar-refractivity contribution in [3.63, 3.8) is 0 Å². The van der Waals surface area contributed by atoms with Gasteiger partial charge in [0.1, 0.15) is 5.75 Å². The molecule has 0 aliphatic rings. The number of rotatable bonds is 2. The molecule has 0 bridgehead atoms. The fraction of sp³-hybridized carbons (Fsp3) is 0.222. The second-order valence-electron chi connectivity index (χ2n) is 2.58. The van der Waals surface area contributed by atoms with E-state index < -0.39 is 5.24 Å². The lowest BCUT2D eigenvalue weighted by molar-refractivity contribution is 0.108. The lowest BCUT2D eigenvalue weighted by Crippen LogP contribution is -1.95. The second-order valence-corrected chi connectivity index (χ2v) is 3.33. The Morgan fingerprint density at radius 2 is 2.08 bits per heavy atom. The molecular weight excluding hydrogens is 211 g/mol. The molecule has 0 amide bonds. The first-order valence-corrected chi connectivity index (χ1v) is 4.36. The molecule has 0 saturated heterocycles. The summed E-state index contributed by atoms with van der Waals surface area (Å²) in [6, 6.07) is 3.18. The highest BCUT2D eigenvalue weighted by Crippen LogP contribution is 2.28. The van der Waals surface area contributed by atoms with E-state index in [9.17, 15) is 4.79 Å². The van der Waals surface area contributed by atoms with Crippen molar-refractivity contribution in [1.29, 1.82) is 0 Å². The maximum absolute atomic E-state index is 10.9. The van der Waals surface area contributed by atoms with Gasteiger partial charge in [0, 0.05) is 5.56 Å². The molecular formula is C9H8Cl2O2. The van der Waals surface area contributed by atoms with Gasteiger partial charge in [-0.1, -0.05) is 11.6 Å². The Labute approximate surface area is 86.4 Å². The molecule has 0 saturated carbocycles. The van der Waals surface area contributed by atoms with Gasteiger partial charge < -0.3 is 4.74 Å². The standard InChI is InChI=1S/C9H8Cl2O2/c1-5-3-7(10)8(13-2)4-6(5)9(11)12/h3-4H,1-2H3. The molecule has 0 radical (unpaired) electrons. The first-order valence-electron chi connectivity index (χ1n) is 3.60. The van der Waals surface area contributed by atoms with Crippen LogP contribution in [0.3, 0.4) is 0 Å². The molecule has 0 atom stereocenters. The highest BCUT2D eigenvalue weighted by atomic mass is 35.5. The third kappa shape index (κ3) is 2.14. The summed E-state index contributed by atoms with van der Waals surface area (Å²) in [5, 5.41) is -0.0332. The monoisotopic (exact) mass is 218 g/mol. The van der Waals surface area contributed by atoms with E-state index >= 15 is 0 Å². The first-order chi connectivity index (χ1) is 6.06. The Bertz CT molecular complexity index is 348. The van der Waals surface area contributed by atoms with Gasteiger partial charge >= 0.3 is 0 Å². The Hall–Kier alpha value is -0.730. The van der Waals surface area contributed by atoms with Gasteiger partial charge in [-0.25, -0.2) is 0 Å². The van der Waals surface area contributed by atoms with Crippen molar-refractivity contribution in [3.05, 3.63) is 28.3 Å². The zero-order chi connectivity index (χ0) is 10.0. The van der Waals surface area contributed by atoms with Crippen LogP contribution in [0.5, 0.6) is 5.75 Å². The van der Waals surface area contributed by atoms with Crippen molar-refractivity contribution in [3.8, 4) is 5.75 Å². The second kappa shape index (κ2) is 3.99. The number of halogens is 2. The van der Waals surface area contributed by atoms with Crippen LogP contribution in [0, 0.1) is 6.92 Å². The van der Waals surface area contributed by atoms with E-state index in [-0.39, 0.29) is 0 Å². The number of carbonyl (C=O) groups excluding carboxylic acids is 1. The number of ether oxygens (including phenoxy) is 1. The molecule has 4 heteroatoms. The van der Waals surface area contributed by atoms with Crippen molar-refractivity contribution in [1.82, 2.24) is 0 Å². The van der Waals surface area contributed by atoms with Crippen molar-refractivity contribution in [2.75, 3.05) is 7.11 Å². The molecule has 0 aromatic heterocycles. The fourth-order valence-corrected chi connectivity index (χ4v) is 1.52. The highest BCUT2D eigenvalue weighted by Gasteiger charge is 2.10. The Balaban J connectivity index is 3.30. The SMILES string of the molecule is COc1cc(C(=O)Cl)c(C)cc1Cl. The van der Waals surface area contributed by atoms with Gasteiger partial charge in [0.2, 0.25) is 0 Å². The summed E-state index contributed by atoms with van der Waals surface area (Å²) in [5.41, 5.74) is 1.16. The normalized spacial score (nSPS) is 9.85. The molecule has 0 spiro atoms. The molecule has 70 valence electrons. The summed E-state index contributed by atoms with van der Waals surface area (Å²) in [6.45, 7) is 1.76. The van der Waals surface area contributed by atoms with Gasteiger partial charge in [0.25, 0.3) is 5.24 Å². The summed E-state index contributed by atoms with van der Waals surface area (Å²) < 4.78 is 4.95. The van der Waals surface area contributed by atoms with Gasteiger partial charge in [-0.15, -0.1) is 0 Å². The van der Waals surface area contributed by atoms with Crippen LogP contribution in [0.15, 0.2) is 12.1 Å². The van der Waals surface area contributed by atoms with E-state index in [1.807, 2.05) is 0 Å². The largest absolute Gasteiger partial charge is 0.495 e. The molecule has 0 aliphatic heterocycles. The van der Waals surface area contributed by atoms with E-state index in [2.05, 4.69) is 0 Å². The van der Waals surface area contributed by atoms with Crippen molar-refractivity contribution < 1.29 is 9.53 Å². The minimum Gasteiger partial charge on any atom is -0.495 e. The van der Waals surface area contributed by atoms with E-state index in [0.29, 0.717) is 16.3 Å². The van der Waals surface area contributed by atoms with E-state index in [1.54, 1.807) is 13.0 Å². The summed E-state index contributed by atoms with van der Waals surface area (Å²) in [5.74, 6) is 0.455. The molecule has 0 fully saturated rings. The Kier molecular flexibility index (Phi) is 3.17. The van der Waals surface area contributed by atoms with Crippen LogP contribution in [0.4, 0.5) is 0 Å². The fourth-order valence-electron chi connectivity index (χ4n) is 1.02. The van der Waals surface area contributed by atoms with Gasteiger partial charge in [-0.05, 0) is 36.2 Å². The quantitative estimate of drug-likeness (QED) is 0.714. The van der Waals surface area contributed by atoms with Crippen LogP contribution in [0.25, 0.3) is 0 Å². The van der Waals surface area contributed by atoms with Crippen LogP contribution in [-0.4, -0.2) is 12.4 Å². The van der Waals surface area contributed by atoms with Crippen LogP contribution in [-0.2, 0) is 0 Å². The molecule has 13 heavy (non-hydrogen) atoms. The van der Waals surface area contributed by atoms with Gasteiger partial charge in [-0.3, -0.25) is 4.79 Å². The molecule has 0 unspecified atom stereocenters. The van der Waals surface area contributed by atoms with Gasteiger partial charge in [0.15, 0.2) is 0 Å². The summed E-state index contributed by atoms with van der Waals surface area (Å²) in [6.07, 6.45) is 0. The van der Waals surface area contributed by atoms with Crippen LogP contribution in [0.1, 0.15) is 15.9 Å². The van der Waals surface area contributed by atoms with E-state index in [1.165, 1.54) is 13.2 Å². The predicted molar refractivity (Wildman–Crippen MR) is 52.9 cm³/mol.